The van der Waals surface area contributed by atoms with Crippen LogP contribution in [-0.4, -0.2) is 20.4 Å². The maximum Gasteiger partial charge on any atom is 0.349 e. The third-order valence-corrected chi connectivity index (χ3v) is 4.39. The van der Waals surface area contributed by atoms with Crippen molar-refractivity contribution in [2.45, 2.75) is 6.54 Å². The highest BCUT2D eigenvalue weighted by atomic mass is 32.1. The second kappa shape index (κ2) is 6.72. The number of carbonyl (C=O) groups excluding carboxylic acids is 1. The summed E-state index contributed by atoms with van der Waals surface area (Å²) in [5.74, 6) is -1.06. The van der Waals surface area contributed by atoms with Crippen molar-refractivity contribution in [1.29, 1.82) is 0 Å². The third-order valence-electron chi connectivity index (χ3n) is 3.43. The molecule has 0 amide bonds. The summed E-state index contributed by atoms with van der Waals surface area (Å²) in [5.41, 5.74) is -0.942. The molecule has 0 unspecified atom stereocenters. The Balaban J connectivity index is 1.85. The molecule has 0 atom stereocenters. The van der Waals surface area contributed by atoms with E-state index in [1.807, 2.05) is 0 Å². The minimum Gasteiger partial charge on any atom is -0.425 e. The number of fused-ring (bicyclic) bond motifs is 1. The van der Waals surface area contributed by atoms with E-state index >= 15 is 0 Å². The molecule has 0 saturated heterocycles. The lowest BCUT2D eigenvalue weighted by atomic mass is 10.2. The number of thiazole rings is 1. The highest BCUT2D eigenvalue weighted by Crippen LogP contribution is 2.30. The number of esters is 1. The molecule has 11 heteroatoms. The van der Waals surface area contributed by atoms with Crippen LogP contribution in [0.1, 0.15) is 0 Å². The van der Waals surface area contributed by atoms with Crippen LogP contribution in [0.3, 0.4) is 0 Å². The maximum atomic E-state index is 12.1. The fourth-order valence-electron chi connectivity index (χ4n) is 2.32. The van der Waals surface area contributed by atoms with Gasteiger partial charge in [0.1, 0.15) is 12.3 Å². The first-order valence-corrected chi connectivity index (χ1v) is 7.90. The molecule has 0 bridgehead atoms. The number of nitro benzene ring substituents is 2. The Hall–Kier alpha value is -3.60. The Morgan fingerprint density at radius 2 is 1.77 bits per heavy atom. The molecule has 10 nitrogen and oxygen atoms in total. The first-order valence-electron chi connectivity index (χ1n) is 7.08. The van der Waals surface area contributed by atoms with Crippen LogP contribution >= 0.6 is 11.3 Å². The highest BCUT2D eigenvalue weighted by Gasteiger charge is 2.25. The Morgan fingerprint density at radius 1 is 1.08 bits per heavy atom. The van der Waals surface area contributed by atoms with Gasteiger partial charge in [0.15, 0.2) is 0 Å². The molecule has 3 rings (SSSR count). The lowest BCUT2D eigenvalue weighted by molar-refractivity contribution is -0.422. The molecule has 0 aliphatic heterocycles. The van der Waals surface area contributed by atoms with Gasteiger partial charge in [0, 0.05) is 6.07 Å². The van der Waals surface area contributed by atoms with Gasteiger partial charge in [-0.3, -0.25) is 29.6 Å². The van der Waals surface area contributed by atoms with E-state index < -0.39 is 33.7 Å². The van der Waals surface area contributed by atoms with Gasteiger partial charge in [0.05, 0.1) is 26.1 Å². The Bertz CT molecular complexity index is 1100. The van der Waals surface area contributed by atoms with Crippen LogP contribution in [-0.2, 0) is 11.3 Å². The SMILES string of the molecule is O=C(Cn1c(=O)sc2ccccc21)Oc1ccc([N+](=O)[O-])c([N+](=O)[O-])c1. The van der Waals surface area contributed by atoms with Gasteiger partial charge in [0.25, 0.3) is 0 Å². The first-order chi connectivity index (χ1) is 12.4. The van der Waals surface area contributed by atoms with E-state index in [4.69, 9.17) is 4.74 Å². The number of nitro groups is 2. The van der Waals surface area contributed by atoms with E-state index in [2.05, 4.69) is 0 Å². The van der Waals surface area contributed by atoms with E-state index in [0.717, 1.165) is 29.5 Å². The Labute approximate surface area is 148 Å². The number of rotatable bonds is 5. The van der Waals surface area contributed by atoms with Crippen molar-refractivity contribution in [2.75, 3.05) is 0 Å². The quantitative estimate of drug-likeness (QED) is 0.289. The van der Waals surface area contributed by atoms with Crippen molar-refractivity contribution in [3.05, 3.63) is 72.4 Å². The number of nitrogens with zero attached hydrogens (tertiary/aromatic N) is 3. The summed E-state index contributed by atoms with van der Waals surface area (Å²) in [5, 5.41) is 21.7. The molecule has 132 valence electrons. The first kappa shape index (κ1) is 17.2. The van der Waals surface area contributed by atoms with E-state index in [9.17, 15) is 29.8 Å². The summed E-state index contributed by atoms with van der Waals surface area (Å²) in [6.45, 7) is -0.395. The monoisotopic (exact) mass is 375 g/mol. The zero-order valence-electron chi connectivity index (χ0n) is 12.9. The number of carbonyl (C=O) groups is 1. The summed E-state index contributed by atoms with van der Waals surface area (Å²) >= 11 is 0.974. The normalized spacial score (nSPS) is 10.6. The van der Waals surface area contributed by atoms with E-state index in [-0.39, 0.29) is 10.6 Å². The standard InChI is InChI=1S/C15H9N3O7S/c19-14(8-16-11-3-1-2-4-13(11)26-15(16)20)25-9-5-6-10(17(21)22)12(7-9)18(23)24/h1-7H,8H2. The number of para-hydroxylation sites is 1. The van der Waals surface area contributed by atoms with Crippen molar-refractivity contribution >= 4 is 38.9 Å². The largest absolute Gasteiger partial charge is 0.425 e. The molecule has 0 fully saturated rings. The molecule has 1 aromatic heterocycles. The van der Waals surface area contributed by atoms with Crippen LogP contribution < -0.4 is 9.61 Å². The fourth-order valence-corrected chi connectivity index (χ4v) is 3.21. The van der Waals surface area contributed by atoms with Crippen molar-refractivity contribution in [3.8, 4) is 5.75 Å². The van der Waals surface area contributed by atoms with Crippen molar-refractivity contribution in [2.24, 2.45) is 0 Å². The van der Waals surface area contributed by atoms with Crippen LogP contribution in [0.25, 0.3) is 10.2 Å². The molecule has 2 aromatic carbocycles. The summed E-state index contributed by atoms with van der Waals surface area (Å²) in [7, 11) is 0. The Morgan fingerprint density at radius 3 is 2.46 bits per heavy atom. The maximum absolute atomic E-state index is 12.1. The number of benzene rings is 2. The molecule has 0 spiro atoms. The van der Waals surface area contributed by atoms with Gasteiger partial charge in [-0.05, 0) is 18.2 Å². The van der Waals surface area contributed by atoms with Gasteiger partial charge in [-0.2, -0.15) is 0 Å². The van der Waals surface area contributed by atoms with Gasteiger partial charge < -0.3 is 4.74 Å². The topological polar surface area (TPSA) is 135 Å². The number of aromatic nitrogens is 1. The van der Waals surface area contributed by atoms with Gasteiger partial charge in [-0.15, -0.1) is 0 Å². The minimum atomic E-state index is -0.938. The van der Waals surface area contributed by atoms with Gasteiger partial charge in [0.2, 0.25) is 0 Å². The number of hydrogen-bond donors (Lipinski definition) is 0. The van der Waals surface area contributed by atoms with Gasteiger partial charge >= 0.3 is 22.2 Å². The van der Waals surface area contributed by atoms with Crippen LogP contribution in [0.2, 0.25) is 0 Å². The van der Waals surface area contributed by atoms with Crippen LogP contribution in [0.5, 0.6) is 5.75 Å². The van der Waals surface area contributed by atoms with Crippen LogP contribution in [0, 0.1) is 20.2 Å². The second-order valence-corrected chi connectivity index (χ2v) is 6.05. The number of ether oxygens (including phenoxy) is 1. The van der Waals surface area contributed by atoms with Crippen molar-refractivity contribution < 1.29 is 19.4 Å². The molecule has 26 heavy (non-hydrogen) atoms. The predicted molar refractivity (Wildman–Crippen MR) is 91.5 cm³/mol. The average molecular weight is 375 g/mol. The summed E-state index contributed by atoms with van der Waals surface area (Å²) in [6.07, 6.45) is 0. The van der Waals surface area contributed by atoms with E-state index in [1.54, 1.807) is 24.3 Å². The smallest absolute Gasteiger partial charge is 0.349 e. The molecule has 0 aliphatic carbocycles. The summed E-state index contributed by atoms with van der Waals surface area (Å²) in [6, 6.07) is 9.65. The lowest BCUT2D eigenvalue weighted by Gasteiger charge is -2.05. The zero-order valence-corrected chi connectivity index (χ0v) is 13.7. The lowest BCUT2D eigenvalue weighted by Crippen LogP contribution is -2.22. The molecule has 0 saturated carbocycles. The molecule has 0 N–H and O–H groups in total. The molecular formula is C15H9N3O7S. The molecule has 0 radical (unpaired) electrons. The van der Waals surface area contributed by atoms with Gasteiger partial charge in [-0.1, -0.05) is 23.5 Å². The van der Waals surface area contributed by atoms with Crippen LogP contribution in [0.4, 0.5) is 11.4 Å². The molecular weight excluding hydrogens is 366 g/mol. The molecule has 3 aromatic rings. The van der Waals surface area contributed by atoms with Gasteiger partial charge in [-0.25, -0.2) is 4.79 Å². The third kappa shape index (κ3) is 3.28. The van der Waals surface area contributed by atoms with Crippen molar-refractivity contribution in [1.82, 2.24) is 4.57 Å². The van der Waals surface area contributed by atoms with E-state index in [1.165, 1.54) is 4.57 Å². The second-order valence-electron chi connectivity index (χ2n) is 5.06. The van der Waals surface area contributed by atoms with Crippen molar-refractivity contribution in [3.63, 3.8) is 0 Å². The van der Waals surface area contributed by atoms with E-state index in [0.29, 0.717) is 10.2 Å². The summed E-state index contributed by atoms with van der Waals surface area (Å²) < 4.78 is 6.93. The fraction of sp³-hybridized carbons (Fsp3) is 0.0667. The minimum absolute atomic E-state index is 0.222. The highest BCUT2D eigenvalue weighted by molar-refractivity contribution is 7.16. The number of hydrogen-bond acceptors (Lipinski definition) is 8. The predicted octanol–water partition coefficient (Wildman–Crippen LogP) is 2.49. The Kier molecular flexibility index (Phi) is 4.45. The zero-order chi connectivity index (χ0) is 18.8. The van der Waals surface area contributed by atoms with Crippen LogP contribution in [0.15, 0.2) is 47.3 Å². The molecule has 1 heterocycles. The summed E-state index contributed by atoms with van der Waals surface area (Å²) in [4.78, 5) is 43.6. The molecule has 0 aliphatic rings. The average Bonchev–Trinajstić information content (AvgIpc) is 2.90.